The molecule has 1 saturated carbocycles. The lowest BCUT2D eigenvalue weighted by Gasteiger charge is -2.63. The van der Waals surface area contributed by atoms with Crippen molar-refractivity contribution in [3.05, 3.63) is 41.9 Å². The first kappa shape index (κ1) is 19.0. The van der Waals surface area contributed by atoms with E-state index in [4.69, 9.17) is 11.6 Å². The molecule has 3 fully saturated rings. The number of anilines is 1. The summed E-state index contributed by atoms with van der Waals surface area (Å²) in [5.74, 6) is 1.10. The topological polar surface area (TPSA) is 93.8 Å². The van der Waals surface area contributed by atoms with Gasteiger partial charge in [-0.05, 0) is 43.4 Å². The second-order valence-electron chi connectivity index (χ2n) is 8.46. The third-order valence-electron chi connectivity index (χ3n) is 6.10. The van der Waals surface area contributed by atoms with E-state index >= 15 is 0 Å². The molecule has 9 nitrogen and oxygen atoms in total. The molecule has 2 aliphatic heterocycles. The molecule has 3 aliphatic rings. The fourth-order valence-corrected chi connectivity index (χ4v) is 5.30. The molecular weight excluding hydrogens is 404 g/mol. The number of nitrogens with one attached hydrogen (secondary N) is 1. The molecule has 1 aliphatic carbocycles. The van der Waals surface area contributed by atoms with Crippen molar-refractivity contribution in [2.24, 2.45) is 13.0 Å². The van der Waals surface area contributed by atoms with Gasteiger partial charge in [0.15, 0.2) is 5.82 Å². The van der Waals surface area contributed by atoms with E-state index in [9.17, 15) is 4.79 Å². The lowest BCUT2D eigenvalue weighted by molar-refractivity contribution is -0.100. The zero-order valence-electron chi connectivity index (χ0n) is 16.9. The minimum atomic E-state index is -0.224. The Labute approximate surface area is 179 Å². The van der Waals surface area contributed by atoms with Gasteiger partial charge >= 0.3 is 6.03 Å². The van der Waals surface area contributed by atoms with E-state index in [1.54, 1.807) is 36.4 Å². The number of aromatic nitrogens is 6. The molecular formula is C20H23ClN8O. The van der Waals surface area contributed by atoms with Crippen LogP contribution in [0.15, 0.2) is 36.9 Å². The van der Waals surface area contributed by atoms with E-state index in [-0.39, 0.29) is 17.6 Å². The van der Waals surface area contributed by atoms with E-state index in [2.05, 4.69) is 32.6 Å². The Morgan fingerprint density at radius 1 is 1.37 bits per heavy atom. The predicted octanol–water partition coefficient (Wildman–Crippen LogP) is 3.20. The molecule has 1 N–H and O–H groups in total. The van der Waals surface area contributed by atoms with Crippen molar-refractivity contribution in [1.82, 2.24) is 34.7 Å². The van der Waals surface area contributed by atoms with E-state index in [0.29, 0.717) is 34.6 Å². The summed E-state index contributed by atoms with van der Waals surface area (Å²) < 4.78 is 3.44. The monoisotopic (exact) mass is 426 g/mol. The molecule has 156 valence electrons. The van der Waals surface area contributed by atoms with Crippen molar-refractivity contribution in [2.45, 2.75) is 44.3 Å². The van der Waals surface area contributed by atoms with Crippen LogP contribution in [0, 0.1) is 5.92 Å². The molecule has 2 amide bonds. The van der Waals surface area contributed by atoms with Gasteiger partial charge in [-0.1, -0.05) is 23.7 Å². The Morgan fingerprint density at radius 2 is 2.23 bits per heavy atom. The second-order valence-corrected chi connectivity index (χ2v) is 8.87. The van der Waals surface area contributed by atoms with Crippen LogP contribution in [0.4, 0.5) is 10.5 Å². The average molecular weight is 427 g/mol. The SMILES string of the molecule is C[C@H]1C[C@@H]2C[C@](Cn3ccnn3)(C1)N2C(=O)Nc1ccc(Cl)c(-c2ncn(C)n2)c1. The number of aryl methyl sites for hydroxylation is 1. The molecule has 0 spiro atoms. The number of hydrogen-bond donors (Lipinski definition) is 1. The first-order valence-corrected chi connectivity index (χ1v) is 10.4. The highest BCUT2D eigenvalue weighted by molar-refractivity contribution is 6.33. The van der Waals surface area contributed by atoms with Gasteiger partial charge in [-0.2, -0.15) is 5.10 Å². The number of rotatable bonds is 4. The zero-order chi connectivity index (χ0) is 20.9. The number of amides is 2. The summed E-state index contributed by atoms with van der Waals surface area (Å²) in [6.45, 7) is 2.91. The molecule has 30 heavy (non-hydrogen) atoms. The minimum absolute atomic E-state index is 0.0967. The highest BCUT2D eigenvalue weighted by atomic mass is 35.5. The van der Waals surface area contributed by atoms with Crippen LogP contribution in [0.1, 0.15) is 26.2 Å². The van der Waals surface area contributed by atoms with Gasteiger partial charge in [0.25, 0.3) is 0 Å². The van der Waals surface area contributed by atoms with Gasteiger partial charge in [-0.3, -0.25) is 9.36 Å². The number of nitrogens with zero attached hydrogens (tertiary/aromatic N) is 7. The molecule has 2 saturated heterocycles. The van der Waals surface area contributed by atoms with Crippen molar-refractivity contribution in [2.75, 3.05) is 5.32 Å². The number of benzene rings is 1. The highest BCUT2D eigenvalue weighted by Gasteiger charge is 2.58. The molecule has 1 aromatic carbocycles. The van der Waals surface area contributed by atoms with E-state index in [0.717, 1.165) is 19.3 Å². The molecule has 10 heteroatoms. The van der Waals surface area contributed by atoms with Gasteiger partial charge in [0, 0.05) is 30.5 Å². The summed E-state index contributed by atoms with van der Waals surface area (Å²) in [4.78, 5) is 19.6. The number of urea groups is 1. The van der Waals surface area contributed by atoms with Crippen LogP contribution in [-0.2, 0) is 13.6 Å². The van der Waals surface area contributed by atoms with Crippen LogP contribution in [0.3, 0.4) is 0 Å². The molecule has 6 rings (SSSR count). The van der Waals surface area contributed by atoms with E-state index < -0.39 is 0 Å². The van der Waals surface area contributed by atoms with Crippen LogP contribution in [0.2, 0.25) is 5.02 Å². The van der Waals surface area contributed by atoms with Crippen molar-refractivity contribution >= 4 is 23.3 Å². The Kier molecular flexibility index (Phi) is 4.50. The quantitative estimate of drug-likeness (QED) is 0.691. The van der Waals surface area contributed by atoms with Gasteiger partial charge in [-0.15, -0.1) is 5.10 Å². The summed E-state index contributed by atoms with van der Waals surface area (Å²) in [6.07, 6.45) is 8.12. The van der Waals surface area contributed by atoms with Crippen molar-refractivity contribution < 1.29 is 4.79 Å². The van der Waals surface area contributed by atoms with E-state index in [1.807, 2.05) is 21.8 Å². The molecule has 3 atom stereocenters. The summed E-state index contributed by atoms with van der Waals surface area (Å²) >= 11 is 6.35. The second kappa shape index (κ2) is 7.09. The summed E-state index contributed by atoms with van der Waals surface area (Å²) in [7, 11) is 1.80. The van der Waals surface area contributed by atoms with Gasteiger partial charge in [0.05, 0.1) is 23.3 Å². The molecule has 3 aromatic rings. The number of carbonyl (C=O) groups is 1. The van der Waals surface area contributed by atoms with Crippen molar-refractivity contribution in [3.63, 3.8) is 0 Å². The fraction of sp³-hybridized carbons (Fsp3) is 0.450. The Morgan fingerprint density at radius 3 is 2.97 bits per heavy atom. The van der Waals surface area contributed by atoms with Gasteiger partial charge in [0.2, 0.25) is 0 Å². The smallest absolute Gasteiger partial charge is 0.314 e. The predicted molar refractivity (Wildman–Crippen MR) is 112 cm³/mol. The van der Waals surface area contributed by atoms with Crippen LogP contribution >= 0.6 is 11.6 Å². The summed E-state index contributed by atoms with van der Waals surface area (Å²) in [5.41, 5.74) is 1.13. The number of fused-ring (bicyclic) bond motifs is 2. The number of hydrogen-bond acceptors (Lipinski definition) is 5. The Balaban J connectivity index is 1.38. The molecule has 2 bridgehead atoms. The first-order chi connectivity index (χ1) is 14.4. The largest absolute Gasteiger partial charge is 0.322 e. The lowest BCUT2D eigenvalue weighted by Crippen LogP contribution is -2.73. The summed E-state index contributed by atoms with van der Waals surface area (Å²) in [6, 6.07) is 5.53. The van der Waals surface area contributed by atoms with E-state index in [1.165, 1.54) is 0 Å². The maximum Gasteiger partial charge on any atom is 0.322 e. The summed E-state index contributed by atoms with van der Waals surface area (Å²) in [5, 5.41) is 15.9. The van der Waals surface area contributed by atoms with Gasteiger partial charge in [-0.25, -0.2) is 9.78 Å². The maximum atomic E-state index is 13.3. The Hall–Kier alpha value is -2.94. The van der Waals surface area contributed by atoms with Gasteiger partial charge in [0.1, 0.15) is 6.33 Å². The molecule has 4 heterocycles. The fourth-order valence-electron chi connectivity index (χ4n) is 5.10. The standard InChI is InChI=1S/C20H23ClN8O/c1-13-7-15-10-20(9-13,11-28-6-5-23-26-28)29(15)19(30)24-14-3-4-17(21)16(8-14)18-22-12-27(2)25-18/h3-6,8,12-13,15H,7,9-11H2,1-2H3,(H,24,30)/t13-,15+,20-/m0/s1. The third-order valence-corrected chi connectivity index (χ3v) is 6.43. The minimum Gasteiger partial charge on any atom is -0.314 e. The molecule has 2 aromatic heterocycles. The normalized spacial score (nSPS) is 25.1. The maximum absolute atomic E-state index is 13.3. The van der Waals surface area contributed by atoms with Crippen LogP contribution in [0.25, 0.3) is 11.4 Å². The number of piperidine rings is 1. The van der Waals surface area contributed by atoms with Crippen LogP contribution in [-0.4, -0.2) is 52.3 Å². The molecule has 0 unspecified atom stereocenters. The number of halogens is 1. The number of carbonyl (C=O) groups excluding carboxylic acids is 1. The van der Waals surface area contributed by atoms with Gasteiger partial charge < -0.3 is 10.2 Å². The highest BCUT2D eigenvalue weighted by Crippen LogP contribution is 2.50. The first-order valence-electron chi connectivity index (χ1n) is 10.0. The third kappa shape index (κ3) is 3.23. The van der Waals surface area contributed by atoms with Crippen molar-refractivity contribution in [3.8, 4) is 11.4 Å². The van der Waals surface area contributed by atoms with Crippen molar-refractivity contribution in [1.29, 1.82) is 0 Å². The zero-order valence-corrected chi connectivity index (χ0v) is 17.6. The van der Waals surface area contributed by atoms with Crippen LogP contribution in [0.5, 0.6) is 0 Å². The Bertz CT molecular complexity index is 1080. The van der Waals surface area contributed by atoms with Crippen LogP contribution < -0.4 is 5.32 Å². The average Bonchev–Trinajstić information content (AvgIpc) is 3.34. The molecule has 0 radical (unpaired) electrons. The lowest BCUT2D eigenvalue weighted by atomic mass is 9.64.